The van der Waals surface area contributed by atoms with Crippen molar-refractivity contribution in [2.75, 3.05) is 13.1 Å². The molecule has 1 rings (SSSR count). The number of carbonyl (C=O) groups excluding carboxylic acids is 2. The van der Waals surface area contributed by atoms with E-state index in [9.17, 15) is 14.4 Å². The van der Waals surface area contributed by atoms with Gasteiger partial charge in [0.25, 0.3) is 0 Å². The Balaban J connectivity index is 2.55. The van der Waals surface area contributed by atoms with Gasteiger partial charge in [0, 0.05) is 5.92 Å². The Morgan fingerprint density at radius 2 is 1.90 bits per heavy atom. The molecule has 0 aromatic heterocycles. The number of carboxylic acids is 1. The zero-order chi connectivity index (χ0) is 16.2. The van der Waals surface area contributed by atoms with Crippen LogP contribution in [0.5, 0.6) is 0 Å². The van der Waals surface area contributed by atoms with E-state index in [4.69, 9.17) is 9.84 Å². The molecule has 21 heavy (non-hydrogen) atoms. The summed E-state index contributed by atoms with van der Waals surface area (Å²) < 4.78 is 5.08. The third-order valence-electron chi connectivity index (χ3n) is 3.34. The van der Waals surface area contributed by atoms with Crippen LogP contribution in [0.15, 0.2) is 0 Å². The van der Waals surface area contributed by atoms with E-state index < -0.39 is 23.6 Å². The molecule has 0 spiro atoms. The molecule has 120 valence electrons. The number of amides is 1. The molecule has 7 heteroatoms. The Labute approximate surface area is 124 Å². The fourth-order valence-electron chi connectivity index (χ4n) is 1.93. The number of carbonyl (C=O) groups is 3. The molecule has 1 saturated heterocycles. The number of esters is 1. The molecule has 3 N–H and O–H groups in total. The second-order valence-electron chi connectivity index (χ2n) is 6.40. The zero-order valence-electron chi connectivity index (χ0n) is 12.9. The summed E-state index contributed by atoms with van der Waals surface area (Å²) in [5.41, 5.74) is -0.685. The smallest absolute Gasteiger partial charge is 0.326 e. The summed E-state index contributed by atoms with van der Waals surface area (Å²) in [6.45, 7) is 8.35. The summed E-state index contributed by atoms with van der Waals surface area (Å²) in [4.78, 5) is 34.9. The van der Waals surface area contributed by atoms with Crippen molar-refractivity contribution in [3.05, 3.63) is 0 Å². The first kappa shape index (κ1) is 17.4. The normalized spacial score (nSPS) is 18.3. The van der Waals surface area contributed by atoms with Gasteiger partial charge in [-0.1, -0.05) is 6.92 Å². The van der Waals surface area contributed by atoms with Crippen molar-refractivity contribution in [1.29, 1.82) is 0 Å². The van der Waals surface area contributed by atoms with Gasteiger partial charge < -0.3 is 20.5 Å². The van der Waals surface area contributed by atoms with E-state index in [1.54, 1.807) is 27.7 Å². The van der Waals surface area contributed by atoms with Gasteiger partial charge in [-0.2, -0.15) is 0 Å². The van der Waals surface area contributed by atoms with Gasteiger partial charge in [-0.25, -0.2) is 4.79 Å². The first-order chi connectivity index (χ1) is 9.60. The summed E-state index contributed by atoms with van der Waals surface area (Å²) in [5.74, 6) is -2.31. The van der Waals surface area contributed by atoms with Gasteiger partial charge in [-0.05, 0) is 39.8 Å². The number of hydrogen-bond acceptors (Lipinski definition) is 5. The van der Waals surface area contributed by atoms with Crippen molar-refractivity contribution in [2.24, 2.45) is 11.8 Å². The molecule has 1 unspecified atom stereocenters. The second-order valence-corrected chi connectivity index (χ2v) is 6.40. The molecular weight excluding hydrogens is 276 g/mol. The van der Waals surface area contributed by atoms with Gasteiger partial charge in [-0.3, -0.25) is 9.59 Å². The fraction of sp³-hybridized carbons (Fsp3) is 0.786. The number of ether oxygens (including phenoxy) is 1. The van der Waals surface area contributed by atoms with Crippen molar-refractivity contribution in [1.82, 2.24) is 10.6 Å². The van der Waals surface area contributed by atoms with E-state index in [2.05, 4.69) is 10.6 Å². The quantitative estimate of drug-likeness (QED) is 0.603. The van der Waals surface area contributed by atoms with Gasteiger partial charge in [0.2, 0.25) is 5.91 Å². The van der Waals surface area contributed by atoms with Crippen LogP contribution < -0.4 is 10.6 Å². The van der Waals surface area contributed by atoms with Crippen LogP contribution in [0.4, 0.5) is 0 Å². The standard InChI is InChI=1S/C14H24N2O5/c1-8(9-6-15-7-9)12(18)16-10(13(19)20)5-11(17)21-14(2,3)4/h8-10,15H,5-7H2,1-4H3,(H,16,18)(H,19,20)/t8?,10-/m0/s1. The minimum atomic E-state index is -1.26. The maximum absolute atomic E-state index is 12.0. The van der Waals surface area contributed by atoms with Crippen LogP contribution in [0.25, 0.3) is 0 Å². The van der Waals surface area contributed by atoms with Crippen molar-refractivity contribution in [3.63, 3.8) is 0 Å². The van der Waals surface area contributed by atoms with Crippen LogP contribution >= 0.6 is 0 Å². The fourth-order valence-corrected chi connectivity index (χ4v) is 1.93. The summed E-state index contributed by atoms with van der Waals surface area (Å²) in [6.07, 6.45) is -0.381. The number of aliphatic carboxylic acids is 1. The van der Waals surface area contributed by atoms with Crippen LogP contribution in [0.2, 0.25) is 0 Å². The predicted octanol–water partition coefficient (Wildman–Crippen LogP) is 0.143. The Kier molecular flexibility index (Phi) is 5.71. The zero-order valence-corrected chi connectivity index (χ0v) is 12.9. The topological polar surface area (TPSA) is 105 Å². The molecule has 0 aromatic rings. The number of carboxylic acid groups (broad SMARTS) is 1. The highest BCUT2D eigenvalue weighted by Crippen LogP contribution is 2.16. The molecule has 2 atom stereocenters. The molecule has 1 aliphatic heterocycles. The van der Waals surface area contributed by atoms with Gasteiger partial charge in [0.05, 0.1) is 6.42 Å². The molecule has 0 bridgehead atoms. The summed E-state index contributed by atoms with van der Waals surface area (Å²) in [5, 5.41) is 14.6. The van der Waals surface area contributed by atoms with Gasteiger partial charge in [-0.15, -0.1) is 0 Å². The Morgan fingerprint density at radius 3 is 2.29 bits per heavy atom. The lowest BCUT2D eigenvalue weighted by molar-refractivity contribution is -0.158. The number of rotatable bonds is 6. The maximum Gasteiger partial charge on any atom is 0.326 e. The summed E-state index contributed by atoms with van der Waals surface area (Å²) >= 11 is 0. The largest absolute Gasteiger partial charge is 0.480 e. The Morgan fingerprint density at radius 1 is 1.33 bits per heavy atom. The first-order valence-corrected chi connectivity index (χ1v) is 7.06. The van der Waals surface area contributed by atoms with Crippen molar-refractivity contribution in [2.45, 2.75) is 45.8 Å². The molecule has 0 aliphatic carbocycles. The second kappa shape index (κ2) is 6.89. The summed E-state index contributed by atoms with van der Waals surface area (Å²) in [6, 6.07) is -1.26. The average Bonchev–Trinajstić information content (AvgIpc) is 2.22. The maximum atomic E-state index is 12.0. The highest BCUT2D eigenvalue weighted by Gasteiger charge is 2.32. The Bertz CT molecular complexity index is 412. The third kappa shape index (κ3) is 5.71. The number of hydrogen-bond donors (Lipinski definition) is 3. The highest BCUT2D eigenvalue weighted by molar-refractivity contribution is 5.88. The monoisotopic (exact) mass is 300 g/mol. The van der Waals surface area contributed by atoms with E-state index in [0.717, 1.165) is 13.1 Å². The van der Waals surface area contributed by atoms with Crippen molar-refractivity contribution in [3.8, 4) is 0 Å². The van der Waals surface area contributed by atoms with Gasteiger partial charge in [0.15, 0.2) is 0 Å². The van der Waals surface area contributed by atoms with Gasteiger partial charge in [0.1, 0.15) is 11.6 Å². The van der Waals surface area contributed by atoms with E-state index in [1.165, 1.54) is 0 Å². The molecule has 1 amide bonds. The lowest BCUT2D eigenvalue weighted by atomic mass is 9.88. The van der Waals surface area contributed by atoms with Crippen LogP contribution in [-0.4, -0.2) is 47.7 Å². The van der Waals surface area contributed by atoms with Gasteiger partial charge >= 0.3 is 11.9 Å². The first-order valence-electron chi connectivity index (χ1n) is 7.06. The minimum Gasteiger partial charge on any atom is -0.480 e. The lowest BCUT2D eigenvalue weighted by Gasteiger charge is -2.32. The summed E-state index contributed by atoms with van der Waals surface area (Å²) in [7, 11) is 0. The van der Waals surface area contributed by atoms with Crippen LogP contribution in [-0.2, 0) is 19.1 Å². The molecule has 0 aromatic carbocycles. The molecule has 0 saturated carbocycles. The molecule has 1 aliphatic rings. The van der Waals surface area contributed by atoms with E-state index in [0.29, 0.717) is 0 Å². The molecule has 1 fully saturated rings. The van der Waals surface area contributed by atoms with Crippen LogP contribution in [0, 0.1) is 11.8 Å². The highest BCUT2D eigenvalue weighted by atomic mass is 16.6. The molecular formula is C14H24N2O5. The molecule has 7 nitrogen and oxygen atoms in total. The Hall–Kier alpha value is -1.63. The van der Waals surface area contributed by atoms with Crippen molar-refractivity contribution >= 4 is 17.8 Å². The van der Waals surface area contributed by atoms with Crippen molar-refractivity contribution < 1.29 is 24.2 Å². The predicted molar refractivity (Wildman–Crippen MR) is 75.6 cm³/mol. The van der Waals surface area contributed by atoms with E-state index in [-0.39, 0.29) is 24.2 Å². The van der Waals surface area contributed by atoms with E-state index in [1.807, 2.05) is 0 Å². The molecule has 0 radical (unpaired) electrons. The lowest BCUT2D eigenvalue weighted by Crippen LogP contribution is -2.52. The average molecular weight is 300 g/mol. The van der Waals surface area contributed by atoms with E-state index >= 15 is 0 Å². The SMILES string of the molecule is CC(C(=O)N[C@@H](CC(=O)OC(C)(C)C)C(=O)O)C1CNC1. The van der Waals surface area contributed by atoms with Crippen LogP contribution in [0.3, 0.4) is 0 Å². The molecule has 1 heterocycles. The van der Waals surface area contributed by atoms with Crippen LogP contribution in [0.1, 0.15) is 34.1 Å². The number of nitrogens with one attached hydrogen (secondary N) is 2. The minimum absolute atomic E-state index is 0.209. The third-order valence-corrected chi connectivity index (χ3v) is 3.34.